The van der Waals surface area contributed by atoms with Crippen molar-refractivity contribution in [2.45, 2.75) is 13.0 Å². The first kappa shape index (κ1) is 16.6. The zero-order chi connectivity index (χ0) is 15.1. The second kappa shape index (κ2) is 8.59. The molecule has 0 spiro atoms. The number of methoxy groups -OCH3 is 1. The highest BCUT2D eigenvalue weighted by Crippen LogP contribution is 2.22. The average Bonchev–Trinajstić information content (AvgIpc) is 2.49. The van der Waals surface area contributed by atoms with Gasteiger partial charge in [0.1, 0.15) is 5.75 Å². The number of nitrogens with zero attached hydrogens (tertiary/aromatic N) is 2. The van der Waals surface area contributed by atoms with Gasteiger partial charge < -0.3 is 19.9 Å². The van der Waals surface area contributed by atoms with Gasteiger partial charge in [-0.1, -0.05) is 11.6 Å². The van der Waals surface area contributed by atoms with Gasteiger partial charge in [0.25, 0.3) is 0 Å². The first-order valence-electron chi connectivity index (χ1n) is 7.63. The lowest BCUT2D eigenvalue weighted by Crippen LogP contribution is -2.45. The van der Waals surface area contributed by atoms with Gasteiger partial charge in [0, 0.05) is 43.3 Å². The van der Waals surface area contributed by atoms with Gasteiger partial charge in [-0.3, -0.25) is 0 Å². The third-order valence-electron chi connectivity index (χ3n) is 3.98. The van der Waals surface area contributed by atoms with Crippen LogP contribution < -0.4 is 10.1 Å². The summed E-state index contributed by atoms with van der Waals surface area (Å²) < 4.78 is 5.35. The van der Waals surface area contributed by atoms with Crippen molar-refractivity contribution in [1.29, 1.82) is 0 Å². The summed E-state index contributed by atoms with van der Waals surface area (Å²) >= 11 is 6.03. The van der Waals surface area contributed by atoms with Crippen LogP contribution in [0.5, 0.6) is 5.75 Å². The van der Waals surface area contributed by atoms with E-state index in [2.05, 4.69) is 22.2 Å². The van der Waals surface area contributed by atoms with E-state index in [1.54, 1.807) is 7.11 Å². The lowest BCUT2D eigenvalue weighted by atomic mass is 10.2. The van der Waals surface area contributed by atoms with E-state index in [1.165, 1.54) is 39.1 Å². The topological polar surface area (TPSA) is 27.7 Å². The molecule has 1 aliphatic heterocycles. The maximum atomic E-state index is 6.03. The van der Waals surface area contributed by atoms with Gasteiger partial charge in [-0.15, -0.1) is 0 Å². The molecule has 4 nitrogen and oxygen atoms in total. The van der Waals surface area contributed by atoms with Crippen molar-refractivity contribution in [3.63, 3.8) is 0 Å². The summed E-state index contributed by atoms with van der Waals surface area (Å²) in [7, 11) is 3.89. The number of halogens is 1. The fraction of sp³-hybridized carbons (Fsp3) is 0.625. The fourth-order valence-electron chi connectivity index (χ4n) is 2.61. The van der Waals surface area contributed by atoms with Crippen molar-refractivity contribution in [2.75, 3.05) is 53.4 Å². The van der Waals surface area contributed by atoms with Gasteiger partial charge in [0.15, 0.2) is 0 Å². The molecule has 0 radical (unpaired) electrons. The van der Waals surface area contributed by atoms with Crippen LogP contribution in [0.25, 0.3) is 0 Å². The quantitative estimate of drug-likeness (QED) is 0.780. The van der Waals surface area contributed by atoms with Crippen LogP contribution in [0.1, 0.15) is 12.0 Å². The zero-order valence-corrected chi connectivity index (χ0v) is 13.8. The minimum Gasteiger partial charge on any atom is -0.496 e. The molecule has 0 saturated carbocycles. The molecule has 0 unspecified atom stereocenters. The van der Waals surface area contributed by atoms with Gasteiger partial charge in [0.05, 0.1) is 7.11 Å². The molecule has 1 N–H and O–H groups in total. The van der Waals surface area contributed by atoms with Gasteiger partial charge >= 0.3 is 0 Å². The summed E-state index contributed by atoms with van der Waals surface area (Å²) in [6.45, 7) is 7.75. The molecule has 1 saturated heterocycles. The van der Waals surface area contributed by atoms with E-state index in [1.807, 2.05) is 18.2 Å². The Morgan fingerprint density at radius 1 is 1.24 bits per heavy atom. The van der Waals surface area contributed by atoms with Crippen molar-refractivity contribution in [3.05, 3.63) is 28.8 Å². The molecule has 5 heteroatoms. The van der Waals surface area contributed by atoms with E-state index >= 15 is 0 Å². The predicted molar refractivity (Wildman–Crippen MR) is 88.3 cm³/mol. The maximum absolute atomic E-state index is 6.03. The molecule has 118 valence electrons. The molecule has 1 heterocycles. The number of benzene rings is 1. The Kier molecular flexibility index (Phi) is 6.77. The average molecular weight is 312 g/mol. The van der Waals surface area contributed by atoms with Crippen LogP contribution in [-0.2, 0) is 6.54 Å². The highest BCUT2D eigenvalue weighted by atomic mass is 35.5. The fourth-order valence-corrected chi connectivity index (χ4v) is 2.80. The number of likely N-dealkylation sites (N-methyl/N-ethyl adjacent to an activating group) is 1. The van der Waals surface area contributed by atoms with E-state index in [0.717, 1.165) is 29.4 Å². The molecule has 2 rings (SSSR count). The Labute approximate surface area is 133 Å². The van der Waals surface area contributed by atoms with Crippen molar-refractivity contribution in [1.82, 2.24) is 15.1 Å². The van der Waals surface area contributed by atoms with Gasteiger partial charge in [0.2, 0.25) is 0 Å². The first-order chi connectivity index (χ1) is 10.2. The SMILES string of the molecule is COc1ccc(Cl)cc1CNCCCN1CCN(C)CC1. The minimum absolute atomic E-state index is 0.755. The molecule has 1 aliphatic rings. The Balaban J connectivity index is 1.64. The summed E-state index contributed by atoms with van der Waals surface area (Å²) in [6.07, 6.45) is 1.17. The number of piperazine rings is 1. The van der Waals surface area contributed by atoms with Crippen LogP contribution in [0, 0.1) is 0 Å². The van der Waals surface area contributed by atoms with E-state index in [9.17, 15) is 0 Å². The standard InChI is InChI=1S/C16H26ClN3O/c1-19-8-10-20(11-9-19)7-3-6-18-13-14-12-15(17)4-5-16(14)21-2/h4-5,12,18H,3,6-11,13H2,1-2H3. The van der Waals surface area contributed by atoms with Crippen LogP contribution in [0.3, 0.4) is 0 Å². The van der Waals surface area contributed by atoms with E-state index < -0.39 is 0 Å². The minimum atomic E-state index is 0.755. The second-order valence-corrected chi connectivity index (χ2v) is 6.07. The summed E-state index contributed by atoms with van der Waals surface area (Å²) in [5.41, 5.74) is 1.12. The molecule has 0 atom stereocenters. The number of hydrogen-bond donors (Lipinski definition) is 1. The molecular formula is C16H26ClN3O. The first-order valence-corrected chi connectivity index (χ1v) is 8.01. The van der Waals surface area contributed by atoms with E-state index in [4.69, 9.17) is 16.3 Å². The van der Waals surface area contributed by atoms with Crippen LogP contribution >= 0.6 is 11.6 Å². The third kappa shape index (κ3) is 5.47. The van der Waals surface area contributed by atoms with Crippen molar-refractivity contribution >= 4 is 11.6 Å². The zero-order valence-electron chi connectivity index (χ0n) is 13.1. The molecule has 1 fully saturated rings. The molecule has 0 aliphatic carbocycles. The molecular weight excluding hydrogens is 286 g/mol. The monoisotopic (exact) mass is 311 g/mol. The van der Waals surface area contributed by atoms with Crippen molar-refractivity contribution in [2.24, 2.45) is 0 Å². The van der Waals surface area contributed by atoms with Crippen LogP contribution in [0.2, 0.25) is 5.02 Å². The number of hydrogen-bond acceptors (Lipinski definition) is 4. The van der Waals surface area contributed by atoms with Gasteiger partial charge in [-0.25, -0.2) is 0 Å². The van der Waals surface area contributed by atoms with Gasteiger partial charge in [-0.05, 0) is 44.8 Å². The molecule has 0 amide bonds. The summed E-state index contributed by atoms with van der Waals surface area (Å²) in [4.78, 5) is 4.93. The largest absolute Gasteiger partial charge is 0.496 e. The molecule has 0 aromatic heterocycles. The summed E-state index contributed by atoms with van der Waals surface area (Å²) in [5, 5.41) is 4.23. The highest BCUT2D eigenvalue weighted by Gasteiger charge is 2.12. The van der Waals surface area contributed by atoms with Crippen LogP contribution in [-0.4, -0.2) is 63.2 Å². The number of ether oxygens (including phenoxy) is 1. The predicted octanol–water partition coefficient (Wildman–Crippen LogP) is 2.08. The molecule has 0 bridgehead atoms. The van der Waals surface area contributed by atoms with Crippen LogP contribution in [0.4, 0.5) is 0 Å². The lowest BCUT2D eigenvalue weighted by Gasteiger charge is -2.32. The van der Waals surface area contributed by atoms with Crippen molar-refractivity contribution < 1.29 is 4.74 Å². The van der Waals surface area contributed by atoms with Crippen molar-refractivity contribution in [3.8, 4) is 5.75 Å². The van der Waals surface area contributed by atoms with Crippen LogP contribution in [0.15, 0.2) is 18.2 Å². The Hall–Kier alpha value is -0.810. The molecule has 21 heavy (non-hydrogen) atoms. The molecule has 1 aromatic rings. The second-order valence-electron chi connectivity index (χ2n) is 5.63. The summed E-state index contributed by atoms with van der Waals surface area (Å²) in [6, 6.07) is 5.74. The van der Waals surface area contributed by atoms with E-state index in [-0.39, 0.29) is 0 Å². The smallest absolute Gasteiger partial charge is 0.123 e. The van der Waals surface area contributed by atoms with E-state index in [0.29, 0.717) is 0 Å². The number of rotatable bonds is 7. The number of nitrogens with one attached hydrogen (secondary N) is 1. The Bertz CT molecular complexity index is 434. The lowest BCUT2D eigenvalue weighted by molar-refractivity contribution is 0.152. The van der Waals surface area contributed by atoms with Gasteiger partial charge in [-0.2, -0.15) is 0 Å². The maximum Gasteiger partial charge on any atom is 0.123 e. The third-order valence-corrected chi connectivity index (χ3v) is 4.22. The Morgan fingerprint density at radius 2 is 2.00 bits per heavy atom. The molecule has 1 aromatic carbocycles. The summed E-state index contributed by atoms with van der Waals surface area (Å²) in [5.74, 6) is 0.894. The Morgan fingerprint density at radius 3 is 2.71 bits per heavy atom. The normalized spacial score (nSPS) is 17.1. The highest BCUT2D eigenvalue weighted by molar-refractivity contribution is 6.30.